The Kier molecular flexibility index (Phi) is 4.90. The lowest BCUT2D eigenvalue weighted by atomic mass is 9.83. The molecule has 2 aromatic rings. The Morgan fingerprint density at radius 2 is 1.83 bits per heavy atom. The number of benzene rings is 2. The molecule has 4 heteroatoms. The van der Waals surface area contributed by atoms with E-state index in [0.717, 1.165) is 25.2 Å². The van der Waals surface area contributed by atoms with E-state index in [1.165, 1.54) is 5.56 Å². The first-order valence-corrected chi connectivity index (χ1v) is 8.31. The fourth-order valence-corrected chi connectivity index (χ4v) is 3.41. The van der Waals surface area contributed by atoms with Crippen molar-refractivity contribution in [2.24, 2.45) is 0 Å². The SMILES string of the molecule is COc1ccc(Cl)cc1C1(O)CCN(Cc2ccccc2)CC1. The second-order valence-corrected chi connectivity index (χ2v) is 6.57. The molecule has 0 unspecified atom stereocenters. The van der Waals surface area contributed by atoms with Crippen LogP contribution >= 0.6 is 11.6 Å². The highest BCUT2D eigenvalue weighted by atomic mass is 35.5. The third-order valence-corrected chi connectivity index (χ3v) is 4.83. The van der Waals surface area contributed by atoms with Crippen LogP contribution in [0.5, 0.6) is 5.75 Å². The second kappa shape index (κ2) is 6.91. The maximum atomic E-state index is 11.1. The van der Waals surface area contributed by atoms with Crippen LogP contribution in [-0.4, -0.2) is 30.2 Å². The fourth-order valence-electron chi connectivity index (χ4n) is 3.24. The van der Waals surface area contributed by atoms with E-state index in [1.807, 2.05) is 18.2 Å². The highest BCUT2D eigenvalue weighted by Crippen LogP contribution is 2.39. The minimum Gasteiger partial charge on any atom is -0.496 e. The van der Waals surface area contributed by atoms with E-state index < -0.39 is 5.60 Å². The zero-order valence-electron chi connectivity index (χ0n) is 13.3. The molecule has 122 valence electrons. The molecule has 1 heterocycles. The number of rotatable bonds is 4. The summed E-state index contributed by atoms with van der Waals surface area (Å²) in [6.07, 6.45) is 1.35. The zero-order valence-corrected chi connectivity index (χ0v) is 14.1. The predicted molar refractivity (Wildman–Crippen MR) is 92.9 cm³/mol. The quantitative estimate of drug-likeness (QED) is 0.924. The molecule has 3 nitrogen and oxygen atoms in total. The van der Waals surface area contributed by atoms with Crippen molar-refractivity contribution in [3.05, 3.63) is 64.7 Å². The summed E-state index contributed by atoms with van der Waals surface area (Å²) in [5, 5.41) is 11.7. The van der Waals surface area contributed by atoms with Crippen LogP contribution in [-0.2, 0) is 12.1 Å². The molecule has 0 aromatic heterocycles. The molecule has 23 heavy (non-hydrogen) atoms. The molecule has 1 N–H and O–H groups in total. The van der Waals surface area contributed by atoms with Crippen molar-refractivity contribution >= 4 is 11.6 Å². The molecule has 0 saturated carbocycles. The molecular weight excluding hydrogens is 310 g/mol. The third-order valence-electron chi connectivity index (χ3n) is 4.60. The van der Waals surface area contributed by atoms with Crippen molar-refractivity contribution in [3.8, 4) is 5.75 Å². The van der Waals surface area contributed by atoms with Crippen LogP contribution in [0.1, 0.15) is 24.0 Å². The topological polar surface area (TPSA) is 32.7 Å². The van der Waals surface area contributed by atoms with Gasteiger partial charge in [-0.1, -0.05) is 41.9 Å². The van der Waals surface area contributed by atoms with Gasteiger partial charge in [-0.05, 0) is 36.6 Å². The predicted octanol–water partition coefficient (Wildman–Crippen LogP) is 3.83. The largest absolute Gasteiger partial charge is 0.496 e. The summed E-state index contributed by atoms with van der Waals surface area (Å²) in [4.78, 5) is 2.38. The highest BCUT2D eigenvalue weighted by molar-refractivity contribution is 6.30. The van der Waals surface area contributed by atoms with Crippen LogP contribution < -0.4 is 4.74 Å². The van der Waals surface area contributed by atoms with E-state index in [9.17, 15) is 5.11 Å². The number of hydrogen-bond donors (Lipinski definition) is 1. The Bertz CT molecular complexity index is 652. The number of methoxy groups -OCH3 is 1. The summed E-state index contributed by atoms with van der Waals surface area (Å²) < 4.78 is 5.41. The number of nitrogens with zero attached hydrogens (tertiary/aromatic N) is 1. The average Bonchev–Trinajstić information content (AvgIpc) is 2.58. The van der Waals surface area contributed by atoms with Gasteiger partial charge in [0.1, 0.15) is 5.75 Å². The van der Waals surface area contributed by atoms with Crippen LogP contribution in [0.15, 0.2) is 48.5 Å². The number of halogens is 1. The first kappa shape index (κ1) is 16.3. The molecule has 0 aliphatic carbocycles. The van der Waals surface area contributed by atoms with Gasteiger partial charge in [0, 0.05) is 30.2 Å². The van der Waals surface area contributed by atoms with Crippen LogP contribution in [0.25, 0.3) is 0 Å². The van der Waals surface area contributed by atoms with Crippen molar-refractivity contribution in [3.63, 3.8) is 0 Å². The Labute approximate surface area is 142 Å². The molecule has 1 aliphatic heterocycles. The maximum Gasteiger partial charge on any atom is 0.125 e. The number of piperidine rings is 1. The molecule has 0 bridgehead atoms. The Hall–Kier alpha value is -1.55. The first-order valence-electron chi connectivity index (χ1n) is 7.93. The van der Waals surface area contributed by atoms with E-state index in [-0.39, 0.29) is 0 Å². The van der Waals surface area contributed by atoms with Crippen molar-refractivity contribution in [1.29, 1.82) is 0 Å². The van der Waals surface area contributed by atoms with Gasteiger partial charge in [-0.15, -0.1) is 0 Å². The average molecular weight is 332 g/mol. The minimum absolute atomic E-state index is 0.626. The molecule has 0 atom stereocenters. The summed E-state index contributed by atoms with van der Waals surface area (Å²) in [5.41, 5.74) is 1.23. The van der Waals surface area contributed by atoms with Crippen LogP contribution in [0.4, 0.5) is 0 Å². The lowest BCUT2D eigenvalue weighted by Gasteiger charge is -2.39. The summed E-state index contributed by atoms with van der Waals surface area (Å²) >= 11 is 6.11. The molecule has 1 fully saturated rings. The summed E-state index contributed by atoms with van der Waals surface area (Å²) in [5.74, 6) is 0.702. The number of aliphatic hydroxyl groups is 1. The molecule has 2 aromatic carbocycles. The Morgan fingerprint density at radius 3 is 2.48 bits per heavy atom. The van der Waals surface area contributed by atoms with Gasteiger partial charge in [-0.3, -0.25) is 4.90 Å². The molecule has 1 aliphatic rings. The van der Waals surface area contributed by atoms with Crippen molar-refractivity contribution < 1.29 is 9.84 Å². The zero-order chi connectivity index (χ0) is 16.3. The van der Waals surface area contributed by atoms with Crippen molar-refractivity contribution in [2.45, 2.75) is 25.0 Å². The molecule has 3 rings (SSSR count). The van der Waals surface area contributed by atoms with Gasteiger partial charge < -0.3 is 9.84 Å². The van der Waals surface area contributed by atoms with Crippen LogP contribution in [0.3, 0.4) is 0 Å². The fraction of sp³-hybridized carbons (Fsp3) is 0.368. The minimum atomic E-state index is -0.872. The van der Waals surface area contributed by atoms with Gasteiger partial charge >= 0.3 is 0 Å². The summed E-state index contributed by atoms with van der Waals surface area (Å²) in [6.45, 7) is 2.62. The maximum absolute atomic E-state index is 11.1. The van der Waals surface area contributed by atoms with E-state index >= 15 is 0 Å². The van der Waals surface area contributed by atoms with Gasteiger partial charge in [0.05, 0.1) is 12.7 Å². The van der Waals surface area contributed by atoms with Gasteiger partial charge in [0.2, 0.25) is 0 Å². The van der Waals surface area contributed by atoms with Crippen molar-refractivity contribution in [2.75, 3.05) is 20.2 Å². The Morgan fingerprint density at radius 1 is 1.13 bits per heavy atom. The first-order chi connectivity index (χ1) is 11.1. The van der Waals surface area contributed by atoms with Crippen LogP contribution in [0.2, 0.25) is 5.02 Å². The van der Waals surface area contributed by atoms with E-state index in [1.54, 1.807) is 13.2 Å². The summed E-state index contributed by atoms with van der Waals surface area (Å²) in [7, 11) is 1.63. The van der Waals surface area contributed by atoms with Crippen LogP contribution in [0, 0.1) is 0 Å². The number of likely N-dealkylation sites (tertiary alicyclic amines) is 1. The number of ether oxygens (including phenoxy) is 1. The monoisotopic (exact) mass is 331 g/mol. The lowest BCUT2D eigenvalue weighted by Crippen LogP contribution is -2.42. The third kappa shape index (κ3) is 3.69. The van der Waals surface area contributed by atoms with Gasteiger partial charge in [0.15, 0.2) is 0 Å². The van der Waals surface area contributed by atoms with E-state index in [2.05, 4.69) is 29.2 Å². The molecule has 0 amide bonds. The van der Waals surface area contributed by atoms with Gasteiger partial charge in [-0.2, -0.15) is 0 Å². The normalized spacial score (nSPS) is 17.9. The Balaban J connectivity index is 1.71. The lowest BCUT2D eigenvalue weighted by molar-refractivity contribution is -0.0292. The van der Waals surface area contributed by atoms with E-state index in [0.29, 0.717) is 23.6 Å². The molecular formula is C19H22ClNO2. The number of hydrogen-bond acceptors (Lipinski definition) is 3. The highest BCUT2D eigenvalue weighted by Gasteiger charge is 2.36. The molecule has 0 radical (unpaired) electrons. The second-order valence-electron chi connectivity index (χ2n) is 6.14. The standard InChI is InChI=1S/C19H22ClNO2/c1-23-18-8-7-16(20)13-17(18)19(22)9-11-21(12-10-19)14-15-5-3-2-4-6-15/h2-8,13,22H,9-12,14H2,1H3. The molecule has 0 spiro atoms. The summed E-state index contributed by atoms with van der Waals surface area (Å²) in [6, 6.07) is 15.9. The van der Waals surface area contributed by atoms with E-state index in [4.69, 9.17) is 16.3 Å². The molecule has 1 saturated heterocycles. The smallest absolute Gasteiger partial charge is 0.125 e. The van der Waals surface area contributed by atoms with Gasteiger partial charge in [-0.25, -0.2) is 0 Å². The van der Waals surface area contributed by atoms with Gasteiger partial charge in [0.25, 0.3) is 0 Å². The van der Waals surface area contributed by atoms with Crippen molar-refractivity contribution in [1.82, 2.24) is 4.90 Å².